The first-order valence-electron chi connectivity index (χ1n) is 4.12. The van der Waals surface area contributed by atoms with Crippen LogP contribution in [0, 0.1) is 0 Å². The van der Waals surface area contributed by atoms with Crippen LogP contribution < -0.4 is 4.18 Å². The summed E-state index contributed by atoms with van der Waals surface area (Å²) in [5.74, 6) is 0.236. The summed E-state index contributed by atoms with van der Waals surface area (Å²) in [6.45, 7) is 3.89. The summed E-state index contributed by atoms with van der Waals surface area (Å²) < 4.78 is 36.6. The van der Waals surface area contributed by atoms with Gasteiger partial charge in [0.15, 0.2) is 0 Å². The van der Waals surface area contributed by atoms with Crippen molar-refractivity contribution in [2.75, 3.05) is 0 Å². The van der Waals surface area contributed by atoms with Crippen LogP contribution in [-0.4, -0.2) is 8.42 Å². The molecule has 0 saturated heterocycles. The van der Waals surface area contributed by atoms with Crippen LogP contribution in [0.2, 0.25) is 0 Å². The van der Waals surface area contributed by atoms with E-state index in [0.717, 1.165) is 5.56 Å². The van der Waals surface area contributed by atoms with Crippen LogP contribution in [0.15, 0.2) is 24.3 Å². The van der Waals surface area contributed by atoms with Crippen molar-refractivity contribution in [2.45, 2.75) is 19.8 Å². The summed E-state index contributed by atoms with van der Waals surface area (Å²) in [6.07, 6.45) is 0. The Balaban J connectivity index is 2.95. The highest BCUT2D eigenvalue weighted by Crippen LogP contribution is 2.21. The van der Waals surface area contributed by atoms with Gasteiger partial charge in [0, 0.05) is 0 Å². The fraction of sp³-hybridized carbons (Fsp3) is 0.333. The summed E-state index contributed by atoms with van der Waals surface area (Å²) in [5, 5.41) is 0. The first kappa shape index (κ1) is 11.0. The van der Waals surface area contributed by atoms with Gasteiger partial charge in [-0.3, -0.25) is 0 Å². The van der Waals surface area contributed by atoms with Crippen LogP contribution in [0.4, 0.5) is 3.89 Å². The first-order valence-corrected chi connectivity index (χ1v) is 5.43. The van der Waals surface area contributed by atoms with E-state index in [4.69, 9.17) is 0 Å². The molecule has 0 spiro atoms. The lowest BCUT2D eigenvalue weighted by molar-refractivity contribution is 0.440. The number of hydrogen-bond donors (Lipinski definition) is 0. The second-order valence-electron chi connectivity index (χ2n) is 3.20. The summed E-state index contributed by atoms with van der Waals surface area (Å²) in [5.41, 5.74) is 0.895. The van der Waals surface area contributed by atoms with Crippen molar-refractivity contribution in [1.82, 2.24) is 0 Å². The summed E-state index contributed by atoms with van der Waals surface area (Å²) in [6, 6.07) is 6.34. The van der Waals surface area contributed by atoms with E-state index in [-0.39, 0.29) is 11.7 Å². The molecule has 0 heterocycles. The number of rotatable bonds is 3. The molecular formula is C9H11FO3S. The van der Waals surface area contributed by atoms with Gasteiger partial charge in [0.1, 0.15) is 5.75 Å². The molecule has 0 aromatic heterocycles. The third-order valence-corrected chi connectivity index (χ3v) is 2.11. The minimum atomic E-state index is -4.92. The van der Waals surface area contributed by atoms with E-state index >= 15 is 0 Å². The molecule has 0 bridgehead atoms. The van der Waals surface area contributed by atoms with Gasteiger partial charge in [-0.15, -0.1) is 0 Å². The van der Waals surface area contributed by atoms with E-state index in [9.17, 15) is 12.3 Å². The fourth-order valence-electron chi connectivity index (χ4n) is 1.04. The lowest BCUT2D eigenvalue weighted by Crippen LogP contribution is -2.01. The lowest BCUT2D eigenvalue weighted by atomic mass is 10.0. The van der Waals surface area contributed by atoms with Gasteiger partial charge in [-0.1, -0.05) is 29.9 Å². The van der Waals surface area contributed by atoms with Gasteiger partial charge in [-0.2, -0.15) is 8.42 Å². The highest BCUT2D eigenvalue weighted by molar-refractivity contribution is 7.81. The van der Waals surface area contributed by atoms with Crippen LogP contribution in [0.3, 0.4) is 0 Å². The molecule has 0 saturated carbocycles. The quantitative estimate of drug-likeness (QED) is 0.732. The molecule has 1 aromatic carbocycles. The molecule has 0 radical (unpaired) electrons. The van der Waals surface area contributed by atoms with Gasteiger partial charge in [0.25, 0.3) is 0 Å². The van der Waals surface area contributed by atoms with Crippen LogP contribution >= 0.6 is 0 Å². The fourth-order valence-corrected chi connectivity index (χ4v) is 1.37. The van der Waals surface area contributed by atoms with Crippen molar-refractivity contribution >= 4 is 10.5 Å². The van der Waals surface area contributed by atoms with Crippen LogP contribution in [-0.2, 0) is 10.5 Å². The van der Waals surface area contributed by atoms with E-state index in [0.29, 0.717) is 0 Å². The molecule has 0 aliphatic carbocycles. The van der Waals surface area contributed by atoms with Gasteiger partial charge < -0.3 is 4.18 Å². The van der Waals surface area contributed by atoms with E-state index in [1.54, 1.807) is 6.07 Å². The summed E-state index contributed by atoms with van der Waals surface area (Å²) in [7, 11) is -4.92. The zero-order valence-corrected chi connectivity index (χ0v) is 8.71. The van der Waals surface area contributed by atoms with Crippen LogP contribution in [0.25, 0.3) is 0 Å². The Morgan fingerprint density at radius 3 is 2.50 bits per heavy atom. The maximum absolute atomic E-state index is 12.2. The zero-order valence-electron chi connectivity index (χ0n) is 7.90. The maximum Gasteiger partial charge on any atom is 0.488 e. The third-order valence-electron chi connectivity index (χ3n) is 1.72. The molecule has 0 unspecified atom stereocenters. The van der Waals surface area contributed by atoms with Crippen molar-refractivity contribution < 1.29 is 16.5 Å². The molecule has 0 aliphatic heterocycles. The molecule has 0 fully saturated rings. The molecular weight excluding hydrogens is 207 g/mol. The van der Waals surface area contributed by atoms with Crippen molar-refractivity contribution in [2.24, 2.45) is 0 Å². The SMILES string of the molecule is CC(C)c1cccc(OS(=O)(=O)F)c1. The van der Waals surface area contributed by atoms with Crippen LogP contribution in [0.1, 0.15) is 25.3 Å². The first-order chi connectivity index (χ1) is 6.38. The minimum Gasteiger partial charge on any atom is -0.358 e. The summed E-state index contributed by atoms with van der Waals surface area (Å²) in [4.78, 5) is 0. The number of benzene rings is 1. The number of halogens is 1. The van der Waals surface area contributed by atoms with E-state index in [2.05, 4.69) is 4.18 Å². The van der Waals surface area contributed by atoms with Crippen molar-refractivity contribution in [3.05, 3.63) is 29.8 Å². The summed E-state index contributed by atoms with van der Waals surface area (Å²) >= 11 is 0. The normalized spacial score (nSPS) is 11.7. The Kier molecular flexibility index (Phi) is 3.10. The monoisotopic (exact) mass is 218 g/mol. The smallest absolute Gasteiger partial charge is 0.358 e. The Labute approximate surface area is 82.9 Å². The van der Waals surface area contributed by atoms with Crippen molar-refractivity contribution in [3.8, 4) is 5.75 Å². The molecule has 1 aromatic rings. The Hall–Kier alpha value is -1.10. The molecule has 0 atom stereocenters. The van der Waals surface area contributed by atoms with Crippen molar-refractivity contribution in [1.29, 1.82) is 0 Å². The van der Waals surface area contributed by atoms with Gasteiger partial charge in [-0.25, -0.2) is 0 Å². The van der Waals surface area contributed by atoms with Crippen LogP contribution in [0.5, 0.6) is 5.75 Å². The lowest BCUT2D eigenvalue weighted by Gasteiger charge is -2.06. The molecule has 5 heteroatoms. The largest absolute Gasteiger partial charge is 0.488 e. The molecule has 78 valence electrons. The highest BCUT2D eigenvalue weighted by atomic mass is 32.3. The predicted octanol–water partition coefficient (Wildman–Crippen LogP) is 2.40. The zero-order chi connectivity index (χ0) is 10.8. The second kappa shape index (κ2) is 3.96. The Morgan fingerprint density at radius 1 is 1.36 bits per heavy atom. The topological polar surface area (TPSA) is 43.4 Å². The molecule has 14 heavy (non-hydrogen) atoms. The molecule has 3 nitrogen and oxygen atoms in total. The average Bonchev–Trinajstić information content (AvgIpc) is 2.01. The second-order valence-corrected chi connectivity index (χ2v) is 4.16. The number of hydrogen-bond acceptors (Lipinski definition) is 3. The minimum absolute atomic E-state index is 0.00120. The third kappa shape index (κ3) is 3.33. The molecule has 0 N–H and O–H groups in total. The average molecular weight is 218 g/mol. The Morgan fingerprint density at radius 2 is 2.00 bits per heavy atom. The Bertz CT molecular complexity index is 412. The van der Waals surface area contributed by atoms with Gasteiger partial charge in [0.05, 0.1) is 0 Å². The predicted molar refractivity (Wildman–Crippen MR) is 51.2 cm³/mol. The van der Waals surface area contributed by atoms with Crippen molar-refractivity contribution in [3.63, 3.8) is 0 Å². The van der Waals surface area contributed by atoms with Gasteiger partial charge in [-0.05, 0) is 23.6 Å². The van der Waals surface area contributed by atoms with Gasteiger partial charge >= 0.3 is 10.5 Å². The molecule has 0 amide bonds. The maximum atomic E-state index is 12.2. The molecule has 0 aliphatic rings. The van der Waals surface area contributed by atoms with E-state index < -0.39 is 10.5 Å². The van der Waals surface area contributed by atoms with Gasteiger partial charge in [0.2, 0.25) is 0 Å². The van der Waals surface area contributed by atoms with E-state index in [1.165, 1.54) is 12.1 Å². The van der Waals surface area contributed by atoms with E-state index in [1.807, 2.05) is 19.9 Å². The molecule has 1 rings (SSSR count). The standard InChI is InChI=1S/C9H11FO3S/c1-7(2)8-4-3-5-9(6-8)13-14(10,11)12/h3-7H,1-2H3. The highest BCUT2D eigenvalue weighted by Gasteiger charge is 2.10.